The minimum absolute atomic E-state index is 0.143. The molecule has 0 saturated heterocycles. The molecule has 134 valence electrons. The minimum Gasteiger partial charge on any atom is -0.497 e. The summed E-state index contributed by atoms with van der Waals surface area (Å²) in [6.45, 7) is 0.143. The highest BCUT2D eigenvalue weighted by Crippen LogP contribution is 2.22. The van der Waals surface area contributed by atoms with E-state index < -0.39 is 0 Å². The van der Waals surface area contributed by atoms with Crippen LogP contribution in [0.25, 0.3) is 11.3 Å². The van der Waals surface area contributed by atoms with Crippen LogP contribution in [0.5, 0.6) is 11.5 Å². The van der Waals surface area contributed by atoms with Gasteiger partial charge in [0, 0.05) is 12.6 Å². The van der Waals surface area contributed by atoms with Gasteiger partial charge >= 0.3 is 5.97 Å². The van der Waals surface area contributed by atoms with Gasteiger partial charge in [0.25, 0.3) is 0 Å². The second kappa shape index (κ2) is 7.74. The number of aromatic nitrogens is 2. The maximum atomic E-state index is 12.2. The Bertz CT molecular complexity index is 883. The van der Waals surface area contributed by atoms with Gasteiger partial charge < -0.3 is 14.2 Å². The molecule has 6 nitrogen and oxygen atoms in total. The van der Waals surface area contributed by atoms with Crippen molar-refractivity contribution in [2.24, 2.45) is 7.05 Å². The van der Waals surface area contributed by atoms with Crippen LogP contribution in [0.3, 0.4) is 0 Å². The number of ether oxygens (including phenoxy) is 3. The number of aryl methyl sites for hydroxylation is 1. The molecule has 0 unspecified atom stereocenters. The summed E-state index contributed by atoms with van der Waals surface area (Å²) in [6, 6.07) is 16.3. The first-order valence-corrected chi connectivity index (χ1v) is 8.09. The van der Waals surface area contributed by atoms with Gasteiger partial charge in [-0.1, -0.05) is 0 Å². The fraction of sp³-hybridized carbons (Fsp3) is 0.200. The molecule has 0 bridgehead atoms. The number of carbonyl (C=O) groups excluding carboxylic acids is 1. The maximum absolute atomic E-state index is 12.2. The molecule has 3 aromatic rings. The molecule has 26 heavy (non-hydrogen) atoms. The van der Waals surface area contributed by atoms with Crippen molar-refractivity contribution in [1.29, 1.82) is 0 Å². The third kappa shape index (κ3) is 3.85. The fourth-order valence-electron chi connectivity index (χ4n) is 2.49. The van der Waals surface area contributed by atoms with Crippen LogP contribution < -0.4 is 9.47 Å². The first kappa shape index (κ1) is 17.5. The second-order valence-corrected chi connectivity index (χ2v) is 5.68. The summed E-state index contributed by atoms with van der Waals surface area (Å²) in [6.07, 6.45) is 0. The Hall–Kier alpha value is -3.28. The summed E-state index contributed by atoms with van der Waals surface area (Å²) >= 11 is 0. The third-order valence-electron chi connectivity index (χ3n) is 4.04. The van der Waals surface area contributed by atoms with Gasteiger partial charge in [0.1, 0.15) is 18.1 Å². The van der Waals surface area contributed by atoms with Crippen molar-refractivity contribution in [2.45, 2.75) is 6.61 Å². The fourth-order valence-corrected chi connectivity index (χ4v) is 2.49. The quantitative estimate of drug-likeness (QED) is 0.636. The van der Waals surface area contributed by atoms with Crippen molar-refractivity contribution >= 4 is 5.97 Å². The van der Waals surface area contributed by atoms with Crippen LogP contribution in [0, 0.1) is 0 Å². The Labute approximate surface area is 151 Å². The maximum Gasteiger partial charge on any atom is 0.338 e. The molecule has 0 radical (unpaired) electrons. The highest BCUT2D eigenvalue weighted by molar-refractivity contribution is 5.89. The summed E-state index contributed by atoms with van der Waals surface area (Å²) in [7, 11) is 5.03. The number of rotatable bonds is 6. The lowest BCUT2D eigenvalue weighted by Gasteiger charge is -2.05. The Kier molecular flexibility index (Phi) is 5.22. The Morgan fingerprint density at radius 2 is 1.54 bits per heavy atom. The summed E-state index contributed by atoms with van der Waals surface area (Å²) in [5.74, 6) is 1.09. The van der Waals surface area contributed by atoms with E-state index in [-0.39, 0.29) is 12.6 Å². The summed E-state index contributed by atoms with van der Waals surface area (Å²) in [5.41, 5.74) is 3.06. The molecular formula is C20H20N2O4. The average Bonchev–Trinajstić information content (AvgIpc) is 3.07. The molecular weight excluding hydrogens is 332 g/mol. The van der Waals surface area contributed by atoms with E-state index in [0.717, 1.165) is 22.7 Å². The zero-order valence-electron chi connectivity index (χ0n) is 14.9. The molecule has 0 aliphatic carbocycles. The number of methoxy groups -OCH3 is 2. The summed E-state index contributed by atoms with van der Waals surface area (Å²) in [5, 5.41) is 4.48. The second-order valence-electron chi connectivity index (χ2n) is 5.68. The van der Waals surface area contributed by atoms with Gasteiger partial charge in [-0.3, -0.25) is 4.68 Å². The van der Waals surface area contributed by atoms with Crippen LogP contribution in [0.15, 0.2) is 54.6 Å². The molecule has 0 spiro atoms. The van der Waals surface area contributed by atoms with Gasteiger partial charge in [0.15, 0.2) is 0 Å². The van der Waals surface area contributed by atoms with Crippen molar-refractivity contribution in [3.05, 3.63) is 65.9 Å². The Morgan fingerprint density at radius 1 is 0.962 bits per heavy atom. The normalized spacial score (nSPS) is 10.4. The van der Waals surface area contributed by atoms with Gasteiger partial charge in [-0.15, -0.1) is 0 Å². The Morgan fingerprint density at radius 3 is 2.12 bits per heavy atom. The predicted octanol–water partition coefficient (Wildman–Crippen LogP) is 3.46. The number of esters is 1. The smallest absolute Gasteiger partial charge is 0.338 e. The highest BCUT2D eigenvalue weighted by atomic mass is 16.5. The summed E-state index contributed by atoms with van der Waals surface area (Å²) < 4.78 is 17.3. The van der Waals surface area contributed by atoms with Crippen molar-refractivity contribution in [2.75, 3.05) is 14.2 Å². The largest absolute Gasteiger partial charge is 0.497 e. The third-order valence-corrected chi connectivity index (χ3v) is 4.04. The van der Waals surface area contributed by atoms with Crippen molar-refractivity contribution < 1.29 is 19.0 Å². The van der Waals surface area contributed by atoms with Crippen LogP contribution in [-0.2, 0) is 18.4 Å². The number of hydrogen-bond donors (Lipinski definition) is 0. The topological polar surface area (TPSA) is 62.6 Å². The first-order valence-electron chi connectivity index (χ1n) is 8.09. The predicted molar refractivity (Wildman–Crippen MR) is 97.3 cm³/mol. The van der Waals surface area contributed by atoms with Crippen molar-refractivity contribution in [1.82, 2.24) is 9.78 Å². The van der Waals surface area contributed by atoms with E-state index in [1.807, 2.05) is 37.4 Å². The molecule has 0 saturated carbocycles. The van der Waals surface area contributed by atoms with Gasteiger partial charge in [-0.25, -0.2) is 4.79 Å². The lowest BCUT2D eigenvalue weighted by molar-refractivity contribution is 0.0463. The average molecular weight is 352 g/mol. The molecule has 1 heterocycles. The van der Waals surface area contributed by atoms with Gasteiger partial charge in [0.2, 0.25) is 0 Å². The van der Waals surface area contributed by atoms with E-state index in [0.29, 0.717) is 11.3 Å². The van der Waals surface area contributed by atoms with Crippen molar-refractivity contribution in [3.8, 4) is 22.8 Å². The van der Waals surface area contributed by atoms with E-state index in [9.17, 15) is 4.79 Å². The SMILES string of the molecule is COc1ccc(C(=O)OCc2cc(-c3ccc(OC)cc3)nn2C)cc1. The van der Waals surface area contributed by atoms with Crippen LogP contribution in [0.1, 0.15) is 16.1 Å². The van der Waals surface area contributed by atoms with E-state index in [4.69, 9.17) is 14.2 Å². The molecule has 0 N–H and O–H groups in total. The molecule has 0 amide bonds. The van der Waals surface area contributed by atoms with Crippen LogP contribution in [0.2, 0.25) is 0 Å². The van der Waals surface area contributed by atoms with Gasteiger partial charge in [-0.05, 0) is 54.6 Å². The van der Waals surface area contributed by atoms with Crippen molar-refractivity contribution in [3.63, 3.8) is 0 Å². The van der Waals surface area contributed by atoms with E-state index in [1.165, 1.54) is 0 Å². The van der Waals surface area contributed by atoms with Gasteiger partial charge in [-0.2, -0.15) is 5.10 Å². The van der Waals surface area contributed by atoms with E-state index in [1.54, 1.807) is 43.2 Å². The van der Waals surface area contributed by atoms with Crippen LogP contribution >= 0.6 is 0 Å². The highest BCUT2D eigenvalue weighted by Gasteiger charge is 2.12. The number of hydrogen-bond acceptors (Lipinski definition) is 5. The zero-order valence-corrected chi connectivity index (χ0v) is 14.9. The molecule has 0 aliphatic heterocycles. The lowest BCUT2D eigenvalue weighted by Crippen LogP contribution is -2.07. The number of nitrogens with zero attached hydrogens (tertiary/aromatic N) is 2. The number of benzene rings is 2. The molecule has 3 rings (SSSR count). The van der Waals surface area contributed by atoms with Crippen LogP contribution in [0.4, 0.5) is 0 Å². The van der Waals surface area contributed by atoms with Crippen LogP contribution in [-0.4, -0.2) is 30.0 Å². The molecule has 1 aromatic heterocycles. The van der Waals surface area contributed by atoms with E-state index >= 15 is 0 Å². The molecule has 0 fully saturated rings. The zero-order chi connectivity index (χ0) is 18.5. The summed E-state index contributed by atoms with van der Waals surface area (Å²) in [4.78, 5) is 12.2. The molecule has 0 atom stereocenters. The van der Waals surface area contributed by atoms with E-state index in [2.05, 4.69) is 5.10 Å². The molecule has 2 aromatic carbocycles. The lowest BCUT2D eigenvalue weighted by atomic mass is 10.1. The first-order chi connectivity index (χ1) is 12.6. The molecule has 6 heteroatoms. The van der Waals surface area contributed by atoms with Gasteiger partial charge in [0.05, 0.1) is 31.2 Å². The number of carbonyl (C=O) groups is 1. The minimum atomic E-state index is -0.389. The standard InChI is InChI=1S/C20H20N2O4/c1-22-16(12-19(21-22)14-4-8-17(24-2)9-5-14)13-26-20(23)15-6-10-18(25-3)11-7-15/h4-12H,13H2,1-3H3. The molecule has 0 aliphatic rings. The monoisotopic (exact) mass is 352 g/mol. The Balaban J connectivity index is 1.67.